The minimum Gasteiger partial charge on any atom is -0.349 e. The van der Waals surface area contributed by atoms with Crippen molar-refractivity contribution >= 4 is 5.91 Å². The van der Waals surface area contributed by atoms with Crippen LogP contribution in [-0.2, 0) is 24.1 Å². The number of hydrogen-bond donors (Lipinski definition) is 2. The van der Waals surface area contributed by atoms with Crippen LogP contribution in [0, 0.1) is 0 Å². The van der Waals surface area contributed by atoms with Crippen LogP contribution in [0.2, 0.25) is 0 Å². The highest BCUT2D eigenvalue weighted by atomic mass is 16.1. The number of aromatic amines is 1. The number of nitrogens with zero attached hydrogens (tertiary/aromatic N) is 1. The van der Waals surface area contributed by atoms with Gasteiger partial charge in [0.2, 0.25) is 5.91 Å². The third-order valence-corrected chi connectivity index (χ3v) is 4.16. The van der Waals surface area contributed by atoms with E-state index in [1.165, 1.54) is 36.0 Å². The largest absolute Gasteiger partial charge is 0.349 e. The van der Waals surface area contributed by atoms with E-state index in [4.69, 9.17) is 0 Å². The number of hydrogen-bond acceptors (Lipinski definition) is 2. The third-order valence-electron chi connectivity index (χ3n) is 4.16. The highest BCUT2D eigenvalue weighted by Crippen LogP contribution is 2.24. The Labute approximate surface area is 125 Å². The average molecular weight is 283 g/mol. The zero-order valence-electron chi connectivity index (χ0n) is 12.4. The first kappa shape index (κ1) is 13.9. The molecule has 1 aliphatic carbocycles. The number of aromatic nitrogens is 2. The van der Waals surface area contributed by atoms with Crippen molar-refractivity contribution in [2.75, 3.05) is 0 Å². The van der Waals surface area contributed by atoms with E-state index in [2.05, 4.69) is 33.7 Å². The first-order chi connectivity index (χ1) is 10.2. The van der Waals surface area contributed by atoms with Gasteiger partial charge in [-0.2, -0.15) is 5.10 Å². The van der Waals surface area contributed by atoms with Gasteiger partial charge in [0.25, 0.3) is 0 Å². The molecule has 3 rings (SSSR count). The summed E-state index contributed by atoms with van der Waals surface area (Å²) in [4.78, 5) is 12.0. The second kappa shape index (κ2) is 6.12. The molecule has 0 aliphatic heterocycles. The first-order valence-electron chi connectivity index (χ1n) is 7.61. The van der Waals surface area contributed by atoms with Crippen molar-refractivity contribution in [2.45, 2.75) is 45.1 Å². The van der Waals surface area contributed by atoms with Gasteiger partial charge in [0.1, 0.15) is 0 Å². The summed E-state index contributed by atoms with van der Waals surface area (Å²) >= 11 is 0. The summed E-state index contributed by atoms with van der Waals surface area (Å²) in [5.74, 6) is 0.0180. The third kappa shape index (κ3) is 3.32. The molecule has 21 heavy (non-hydrogen) atoms. The molecule has 4 heteroatoms. The van der Waals surface area contributed by atoms with E-state index < -0.39 is 0 Å². The van der Waals surface area contributed by atoms with E-state index in [1.807, 2.05) is 13.0 Å². The van der Waals surface area contributed by atoms with Gasteiger partial charge in [0.15, 0.2) is 0 Å². The number of fused-ring (bicyclic) bond motifs is 1. The summed E-state index contributed by atoms with van der Waals surface area (Å²) < 4.78 is 0. The molecule has 1 atom stereocenters. The van der Waals surface area contributed by atoms with Crippen molar-refractivity contribution in [3.63, 3.8) is 0 Å². The van der Waals surface area contributed by atoms with Crippen LogP contribution in [0.25, 0.3) is 0 Å². The van der Waals surface area contributed by atoms with Crippen LogP contribution in [0.4, 0.5) is 0 Å². The molecule has 1 unspecified atom stereocenters. The highest BCUT2D eigenvalue weighted by Gasteiger charge is 2.14. The van der Waals surface area contributed by atoms with Crippen LogP contribution in [0.1, 0.15) is 48.2 Å². The van der Waals surface area contributed by atoms with Crippen LogP contribution in [0.3, 0.4) is 0 Å². The minimum atomic E-state index is 0.0180. The fourth-order valence-corrected chi connectivity index (χ4v) is 2.95. The summed E-state index contributed by atoms with van der Waals surface area (Å²) in [5, 5.41) is 9.72. The lowest BCUT2D eigenvalue weighted by Gasteiger charge is -2.20. The number of benzene rings is 1. The molecule has 4 nitrogen and oxygen atoms in total. The van der Waals surface area contributed by atoms with Crippen molar-refractivity contribution in [1.29, 1.82) is 0 Å². The van der Waals surface area contributed by atoms with Crippen molar-refractivity contribution in [1.82, 2.24) is 15.5 Å². The molecular weight excluding hydrogens is 262 g/mol. The molecule has 2 N–H and O–H groups in total. The molecule has 0 fully saturated rings. The van der Waals surface area contributed by atoms with Gasteiger partial charge in [-0.05, 0) is 55.4 Å². The van der Waals surface area contributed by atoms with E-state index >= 15 is 0 Å². The number of aryl methyl sites for hydroxylation is 2. The second-order valence-electron chi connectivity index (χ2n) is 5.78. The van der Waals surface area contributed by atoms with Gasteiger partial charge in [-0.3, -0.25) is 9.89 Å². The molecular formula is C17H21N3O. The number of carbonyl (C=O) groups excluding carboxylic acids is 1. The monoisotopic (exact) mass is 283 g/mol. The molecule has 1 aromatic heterocycles. The molecule has 1 aromatic carbocycles. The van der Waals surface area contributed by atoms with Crippen molar-refractivity contribution in [3.05, 3.63) is 52.8 Å². The maximum absolute atomic E-state index is 12.0. The SMILES string of the molecule is CC(NC(=O)Cc1ccn[nH]1)c1ccc2c(c1)CCCC2. The van der Waals surface area contributed by atoms with Crippen LogP contribution in [0.5, 0.6) is 0 Å². The van der Waals surface area contributed by atoms with Gasteiger partial charge in [0.05, 0.1) is 12.5 Å². The van der Waals surface area contributed by atoms with Crippen molar-refractivity contribution in [3.8, 4) is 0 Å². The Hall–Kier alpha value is -2.10. The standard InChI is InChI=1S/C17H21N3O/c1-12(19-17(21)11-16-8-9-18-20-16)14-7-6-13-4-2-3-5-15(13)10-14/h6-10,12H,2-5,11H2,1H3,(H,18,20)(H,19,21). The fraction of sp³-hybridized carbons (Fsp3) is 0.412. The lowest BCUT2D eigenvalue weighted by atomic mass is 9.89. The number of amides is 1. The lowest BCUT2D eigenvalue weighted by Crippen LogP contribution is -2.28. The Balaban J connectivity index is 1.64. The quantitative estimate of drug-likeness (QED) is 0.906. The van der Waals surface area contributed by atoms with Crippen LogP contribution in [-0.4, -0.2) is 16.1 Å². The number of rotatable bonds is 4. The molecule has 0 saturated carbocycles. The van der Waals surface area contributed by atoms with E-state index in [0.29, 0.717) is 6.42 Å². The van der Waals surface area contributed by atoms with Gasteiger partial charge >= 0.3 is 0 Å². The number of nitrogens with one attached hydrogen (secondary N) is 2. The van der Waals surface area contributed by atoms with Gasteiger partial charge in [-0.15, -0.1) is 0 Å². The highest BCUT2D eigenvalue weighted by molar-refractivity contribution is 5.78. The summed E-state index contributed by atoms with van der Waals surface area (Å²) in [6, 6.07) is 8.48. The van der Waals surface area contributed by atoms with Crippen molar-refractivity contribution in [2.24, 2.45) is 0 Å². The fourth-order valence-electron chi connectivity index (χ4n) is 2.95. The van der Waals surface area contributed by atoms with E-state index in [1.54, 1.807) is 6.20 Å². The molecule has 1 amide bonds. The predicted octanol–water partition coefficient (Wildman–Crippen LogP) is 2.71. The molecule has 0 bridgehead atoms. The number of carbonyl (C=O) groups is 1. The molecule has 0 spiro atoms. The zero-order valence-corrected chi connectivity index (χ0v) is 12.4. The van der Waals surface area contributed by atoms with Gasteiger partial charge in [0, 0.05) is 11.9 Å². The summed E-state index contributed by atoms with van der Waals surface area (Å²) in [6.45, 7) is 2.04. The Morgan fingerprint density at radius 1 is 1.29 bits per heavy atom. The Morgan fingerprint density at radius 3 is 2.86 bits per heavy atom. The summed E-state index contributed by atoms with van der Waals surface area (Å²) in [7, 11) is 0. The normalized spacial score (nSPS) is 15.3. The van der Waals surface area contributed by atoms with Gasteiger partial charge in [-0.1, -0.05) is 18.2 Å². The topological polar surface area (TPSA) is 57.8 Å². The van der Waals surface area contributed by atoms with Gasteiger partial charge < -0.3 is 5.32 Å². The molecule has 110 valence electrons. The maximum Gasteiger partial charge on any atom is 0.226 e. The number of H-pyrrole nitrogens is 1. The Kier molecular flexibility index (Phi) is 4.04. The smallest absolute Gasteiger partial charge is 0.226 e. The summed E-state index contributed by atoms with van der Waals surface area (Å²) in [6.07, 6.45) is 6.93. The Bertz CT molecular complexity index is 619. The maximum atomic E-state index is 12.0. The van der Waals surface area contributed by atoms with Crippen LogP contribution in [0.15, 0.2) is 30.5 Å². The van der Waals surface area contributed by atoms with Crippen LogP contribution < -0.4 is 5.32 Å². The predicted molar refractivity (Wildman–Crippen MR) is 81.9 cm³/mol. The van der Waals surface area contributed by atoms with Crippen LogP contribution >= 0.6 is 0 Å². The molecule has 1 heterocycles. The Morgan fingerprint density at radius 2 is 2.10 bits per heavy atom. The zero-order chi connectivity index (χ0) is 14.7. The van der Waals surface area contributed by atoms with Gasteiger partial charge in [-0.25, -0.2) is 0 Å². The van der Waals surface area contributed by atoms with E-state index in [9.17, 15) is 4.79 Å². The minimum absolute atomic E-state index is 0.0180. The van der Waals surface area contributed by atoms with E-state index in [0.717, 1.165) is 12.1 Å². The summed E-state index contributed by atoms with van der Waals surface area (Å²) in [5.41, 5.74) is 4.95. The molecule has 0 saturated heterocycles. The molecule has 2 aromatic rings. The molecule has 1 aliphatic rings. The second-order valence-corrected chi connectivity index (χ2v) is 5.78. The van der Waals surface area contributed by atoms with E-state index in [-0.39, 0.29) is 11.9 Å². The van der Waals surface area contributed by atoms with Crippen molar-refractivity contribution < 1.29 is 4.79 Å². The molecule has 0 radical (unpaired) electrons. The first-order valence-corrected chi connectivity index (χ1v) is 7.61. The lowest BCUT2D eigenvalue weighted by molar-refractivity contribution is -0.121. The average Bonchev–Trinajstić information content (AvgIpc) is 2.99.